The van der Waals surface area contributed by atoms with E-state index in [0.717, 1.165) is 47.4 Å². The Balaban J connectivity index is 1.35. The second-order valence-electron chi connectivity index (χ2n) is 11.2. The predicted molar refractivity (Wildman–Crippen MR) is 176 cm³/mol. The Morgan fingerprint density at radius 3 is 2.56 bits per heavy atom. The second-order valence-corrected chi connectivity index (χ2v) is 12.2. The first kappa shape index (κ1) is 30.6. The fraction of sp³-hybridized carbons (Fsp3) is 0.343. The van der Waals surface area contributed by atoms with Crippen molar-refractivity contribution in [2.24, 2.45) is 0 Å². The van der Waals surface area contributed by atoms with Gasteiger partial charge in [-0.15, -0.1) is 0 Å². The fourth-order valence-corrected chi connectivity index (χ4v) is 6.52. The average molecular weight is 597 g/mol. The molecule has 0 saturated carbocycles. The number of likely N-dealkylation sites (tertiary alicyclic amines) is 1. The van der Waals surface area contributed by atoms with Gasteiger partial charge < -0.3 is 20.3 Å². The highest BCUT2D eigenvalue weighted by atomic mass is 32.2. The van der Waals surface area contributed by atoms with Gasteiger partial charge in [0.2, 0.25) is 5.91 Å². The Labute approximate surface area is 258 Å². The lowest BCUT2D eigenvalue weighted by Gasteiger charge is -2.22. The van der Waals surface area contributed by atoms with Crippen molar-refractivity contribution in [1.29, 1.82) is 0 Å². The highest BCUT2D eigenvalue weighted by Crippen LogP contribution is 2.27. The number of methoxy groups -OCH3 is 1. The first-order valence-corrected chi connectivity index (χ1v) is 16.0. The second kappa shape index (κ2) is 14.5. The minimum atomic E-state index is -0.680. The molecule has 1 saturated heterocycles. The molecule has 8 heteroatoms. The number of aryl methyl sites for hydroxylation is 1. The van der Waals surface area contributed by atoms with Crippen LogP contribution in [0.2, 0.25) is 0 Å². The summed E-state index contributed by atoms with van der Waals surface area (Å²) in [6.07, 6.45) is 3.26. The van der Waals surface area contributed by atoms with Gasteiger partial charge in [0.05, 0.1) is 23.9 Å². The van der Waals surface area contributed by atoms with Crippen molar-refractivity contribution < 1.29 is 14.3 Å². The van der Waals surface area contributed by atoms with Gasteiger partial charge in [-0.25, -0.2) is 4.98 Å². The van der Waals surface area contributed by atoms with E-state index in [1.807, 2.05) is 54.6 Å². The van der Waals surface area contributed by atoms with Crippen molar-refractivity contribution in [1.82, 2.24) is 20.5 Å². The summed E-state index contributed by atoms with van der Waals surface area (Å²) in [7, 11) is 3.77. The molecule has 3 aromatic carbocycles. The van der Waals surface area contributed by atoms with Crippen molar-refractivity contribution >= 4 is 34.5 Å². The van der Waals surface area contributed by atoms with E-state index in [0.29, 0.717) is 29.6 Å². The minimum absolute atomic E-state index is 0.154. The molecule has 0 aliphatic carbocycles. The molecule has 2 amide bonds. The Hall–Kier alpha value is -3.88. The van der Waals surface area contributed by atoms with Crippen molar-refractivity contribution in [2.45, 2.75) is 44.0 Å². The Kier molecular flexibility index (Phi) is 10.3. The van der Waals surface area contributed by atoms with Gasteiger partial charge in [-0.05, 0) is 81.7 Å². The number of para-hydroxylation sites is 1. The molecule has 0 bridgehead atoms. The van der Waals surface area contributed by atoms with E-state index in [1.165, 1.54) is 17.5 Å². The predicted octanol–water partition coefficient (Wildman–Crippen LogP) is 5.85. The summed E-state index contributed by atoms with van der Waals surface area (Å²) in [6.45, 7) is 3.76. The van der Waals surface area contributed by atoms with E-state index in [4.69, 9.17) is 9.72 Å². The first-order valence-electron chi connectivity index (χ1n) is 14.9. The quantitative estimate of drug-likeness (QED) is 0.214. The number of nitrogens with one attached hydrogen (secondary N) is 2. The number of pyridine rings is 1. The maximum absolute atomic E-state index is 13.9. The molecule has 1 aliphatic heterocycles. The van der Waals surface area contributed by atoms with Crippen LogP contribution in [0, 0.1) is 6.92 Å². The van der Waals surface area contributed by atoms with Gasteiger partial charge in [-0.1, -0.05) is 48.0 Å². The molecule has 43 heavy (non-hydrogen) atoms. The van der Waals surface area contributed by atoms with Gasteiger partial charge >= 0.3 is 0 Å². The number of nitrogens with zero attached hydrogens (tertiary/aromatic N) is 2. The number of hydrogen-bond acceptors (Lipinski definition) is 6. The van der Waals surface area contributed by atoms with E-state index in [1.54, 1.807) is 18.9 Å². The van der Waals surface area contributed by atoms with Crippen LogP contribution in [0.5, 0.6) is 5.75 Å². The number of rotatable bonds is 12. The van der Waals surface area contributed by atoms with Crippen LogP contribution in [0.25, 0.3) is 22.2 Å². The van der Waals surface area contributed by atoms with E-state index < -0.39 is 6.04 Å². The van der Waals surface area contributed by atoms with Crippen LogP contribution in [-0.2, 0) is 10.5 Å². The summed E-state index contributed by atoms with van der Waals surface area (Å²) in [5, 5.41) is 6.93. The third kappa shape index (κ3) is 7.94. The number of hydrogen-bond donors (Lipinski definition) is 2. The molecule has 2 unspecified atom stereocenters. The number of fused-ring (bicyclic) bond motifs is 1. The summed E-state index contributed by atoms with van der Waals surface area (Å²) in [4.78, 5) is 34.6. The van der Waals surface area contributed by atoms with E-state index in [9.17, 15) is 9.59 Å². The normalized spacial score (nSPS) is 15.7. The first-order chi connectivity index (χ1) is 20.9. The van der Waals surface area contributed by atoms with E-state index >= 15 is 0 Å². The monoisotopic (exact) mass is 596 g/mol. The molecule has 2 atom stereocenters. The molecule has 2 heterocycles. The van der Waals surface area contributed by atoms with Crippen LogP contribution in [0.4, 0.5) is 0 Å². The van der Waals surface area contributed by atoms with Gasteiger partial charge in [-0.3, -0.25) is 9.59 Å². The Morgan fingerprint density at radius 2 is 1.84 bits per heavy atom. The van der Waals surface area contributed by atoms with Crippen molar-refractivity contribution in [3.8, 4) is 17.0 Å². The van der Waals surface area contributed by atoms with Crippen molar-refractivity contribution in [3.05, 3.63) is 95.6 Å². The lowest BCUT2D eigenvalue weighted by molar-refractivity contribution is -0.122. The number of aromatic nitrogens is 1. The molecule has 224 valence electrons. The maximum Gasteiger partial charge on any atom is 0.252 e. The molecule has 0 radical (unpaired) electrons. The Morgan fingerprint density at radius 1 is 1.07 bits per heavy atom. The number of thioether (sulfide) groups is 1. The zero-order valence-electron chi connectivity index (χ0n) is 25.1. The summed E-state index contributed by atoms with van der Waals surface area (Å²) < 4.78 is 5.30. The molecule has 1 aromatic heterocycles. The van der Waals surface area contributed by atoms with Gasteiger partial charge in [0.15, 0.2) is 0 Å². The summed E-state index contributed by atoms with van der Waals surface area (Å²) >= 11 is 1.64. The Bertz CT molecular complexity index is 1540. The topological polar surface area (TPSA) is 83.6 Å². The molecule has 2 N–H and O–H groups in total. The molecule has 0 spiro atoms. The third-order valence-electron chi connectivity index (χ3n) is 8.09. The number of benzene rings is 3. The van der Waals surface area contributed by atoms with Crippen LogP contribution in [0.3, 0.4) is 0 Å². The van der Waals surface area contributed by atoms with Crippen LogP contribution < -0.4 is 15.4 Å². The summed E-state index contributed by atoms with van der Waals surface area (Å²) in [5.74, 6) is 1.52. The number of ether oxygens (including phenoxy) is 1. The fourth-order valence-electron chi connectivity index (χ4n) is 5.50. The molecule has 1 fully saturated rings. The summed E-state index contributed by atoms with van der Waals surface area (Å²) in [6, 6.07) is 25.2. The van der Waals surface area contributed by atoms with Gasteiger partial charge in [-0.2, -0.15) is 11.8 Å². The lowest BCUT2D eigenvalue weighted by Crippen LogP contribution is -2.49. The van der Waals surface area contributed by atoms with E-state index in [2.05, 4.69) is 53.8 Å². The van der Waals surface area contributed by atoms with Crippen LogP contribution >= 0.6 is 11.8 Å². The number of carbonyl (C=O) groups excluding carboxylic acids is 2. The molecule has 1 aliphatic rings. The minimum Gasteiger partial charge on any atom is -0.497 e. The largest absolute Gasteiger partial charge is 0.497 e. The smallest absolute Gasteiger partial charge is 0.252 e. The number of amides is 2. The molecule has 7 nitrogen and oxygen atoms in total. The van der Waals surface area contributed by atoms with Gasteiger partial charge in [0, 0.05) is 35.0 Å². The standard InChI is InChI=1S/C35H40N4O3S/c1-24-10-12-25(13-11-24)22-43-23-33(35(41)36-19-18-27-7-6-20-39(27)2)38-34(40)30-21-32(26-14-16-28(42-3)17-15-26)37-31-9-5-4-8-29(30)31/h4-5,8-17,21,27,33H,6-7,18-20,22-23H2,1-3H3,(H,36,41)(H,38,40). The molecular formula is C35H40N4O3S. The molecule has 5 rings (SSSR count). The number of carbonyl (C=O) groups is 2. The molecular weight excluding hydrogens is 556 g/mol. The SMILES string of the molecule is COc1ccc(-c2cc(C(=O)NC(CSCc3ccc(C)cc3)C(=O)NCCC3CCCN3C)c3ccccc3n2)cc1. The van der Waals surface area contributed by atoms with Crippen LogP contribution in [-0.4, -0.2) is 66.8 Å². The third-order valence-corrected chi connectivity index (χ3v) is 9.20. The van der Waals surface area contributed by atoms with Crippen molar-refractivity contribution in [2.75, 3.05) is 33.0 Å². The molecule has 4 aromatic rings. The zero-order valence-corrected chi connectivity index (χ0v) is 26.0. The van der Waals surface area contributed by atoms with Crippen LogP contribution in [0.15, 0.2) is 78.9 Å². The zero-order chi connectivity index (χ0) is 30.2. The van der Waals surface area contributed by atoms with Gasteiger partial charge in [0.1, 0.15) is 11.8 Å². The van der Waals surface area contributed by atoms with E-state index in [-0.39, 0.29) is 11.8 Å². The highest BCUT2D eigenvalue weighted by Gasteiger charge is 2.25. The summed E-state index contributed by atoms with van der Waals surface area (Å²) in [5.41, 5.74) is 5.17. The average Bonchev–Trinajstić information content (AvgIpc) is 3.44. The lowest BCUT2D eigenvalue weighted by atomic mass is 10.0. The van der Waals surface area contributed by atoms with Gasteiger partial charge in [0.25, 0.3) is 5.91 Å². The highest BCUT2D eigenvalue weighted by molar-refractivity contribution is 7.98. The maximum atomic E-state index is 13.9. The van der Waals surface area contributed by atoms with Crippen molar-refractivity contribution in [3.63, 3.8) is 0 Å². The van der Waals surface area contributed by atoms with Crippen LogP contribution in [0.1, 0.15) is 40.7 Å².